The Bertz CT molecular complexity index is 927. The zero-order valence-electron chi connectivity index (χ0n) is 14.3. The molecule has 0 aliphatic carbocycles. The van der Waals surface area contributed by atoms with Gasteiger partial charge in [0.05, 0.1) is 12.8 Å². The van der Waals surface area contributed by atoms with Gasteiger partial charge in [-0.3, -0.25) is 9.69 Å². The highest BCUT2D eigenvalue weighted by Crippen LogP contribution is 2.42. The van der Waals surface area contributed by atoms with Gasteiger partial charge in [-0.1, -0.05) is 18.2 Å². The van der Waals surface area contributed by atoms with Crippen molar-refractivity contribution in [1.82, 2.24) is 4.90 Å². The molecule has 6 nitrogen and oxygen atoms in total. The largest absolute Gasteiger partial charge is 0.493 e. The highest BCUT2D eigenvalue weighted by atomic mass is 32.1. The van der Waals surface area contributed by atoms with Crippen molar-refractivity contribution >= 4 is 35.0 Å². The van der Waals surface area contributed by atoms with Gasteiger partial charge in [0.1, 0.15) is 5.70 Å². The Morgan fingerprint density at radius 1 is 1.19 bits per heavy atom. The quantitative estimate of drug-likeness (QED) is 0.613. The van der Waals surface area contributed by atoms with Crippen molar-refractivity contribution in [1.29, 1.82) is 0 Å². The number of benzene rings is 2. The number of nitrogens with zero attached hydrogens (tertiary/aromatic N) is 2. The lowest BCUT2D eigenvalue weighted by Gasteiger charge is -2.16. The van der Waals surface area contributed by atoms with Crippen LogP contribution in [0.3, 0.4) is 0 Å². The number of rotatable bonds is 3. The molecule has 0 aromatic heterocycles. The molecule has 2 aromatic rings. The minimum absolute atomic E-state index is 0.149. The second-order valence-corrected chi connectivity index (χ2v) is 6.17. The van der Waals surface area contributed by atoms with E-state index < -0.39 is 0 Å². The molecule has 1 amide bonds. The van der Waals surface area contributed by atoms with E-state index in [4.69, 9.17) is 26.4 Å². The molecule has 0 unspecified atom stereocenters. The van der Waals surface area contributed by atoms with Gasteiger partial charge >= 0.3 is 0 Å². The summed E-state index contributed by atoms with van der Waals surface area (Å²) in [6, 6.07) is 13.0. The van der Waals surface area contributed by atoms with Crippen LogP contribution in [0, 0.1) is 0 Å². The molecule has 0 atom stereocenters. The molecule has 26 heavy (non-hydrogen) atoms. The Morgan fingerprint density at radius 2 is 1.96 bits per heavy atom. The van der Waals surface area contributed by atoms with Crippen LogP contribution in [0.4, 0.5) is 5.69 Å². The Kier molecular flexibility index (Phi) is 4.00. The van der Waals surface area contributed by atoms with Crippen LogP contribution < -0.4 is 19.1 Å². The number of carbonyl (C=O) groups is 1. The number of para-hydroxylation sites is 1. The molecular weight excluding hydrogens is 352 g/mol. The van der Waals surface area contributed by atoms with Crippen LogP contribution in [0.2, 0.25) is 0 Å². The van der Waals surface area contributed by atoms with Crippen LogP contribution in [-0.2, 0) is 4.79 Å². The average Bonchev–Trinajstić information content (AvgIpc) is 3.21. The van der Waals surface area contributed by atoms with E-state index in [9.17, 15) is 4.79 Å². The predicted molar refractivity (Wildman–Crippen MR) is 101 cm³/mol. The Labute approximate surface area is 156 Å². The van der Waals surface area contributed by atoms with Crippen LogP contribution in [0.5, 0.6) is 17.2 Å². The molecule has 2 aromatic carbocycles. The summed E-state index contributed by atoms with van der Waals surface area (Å²) in [7, 11) is 3.34. The molecule has 132 valence electrons. The van der Waals surface area contributed by atoms with Gasteiger partial charge in [0.15, 0.2) is 16.6 Å². The summed E-state index contributed by atoms with van der Waals surface area (Å²) in [6.07, 6.45) is 1.77. The summed E-state index contributed by atoms with van der Waals surface area (Å²) in [4.78, 5) is 16.2. The lowest BCUT2D eigenvalue weighted by atomic mass is 10.1. The molecule has 0 spiro atoms. The van der Waals surface area contributed by atoms with Crippen molar-refractivity contribution in [3.8, 4) is 17.2 Å². The summed E-state index contributed by atoms with van der Waals surface area (Å²) < 4.78 is 16.2. The minimum Gasteiger partial charge on any atom is -0.493 e. The normalized spacial score (nSPS) is 17.4. The van der Waals surface area contributed by atoms with Gasteiger partial charge in [-0.25, -0.2) is 0 Å². The van der Waals surface area contributed by atoms with Crippen molar-refractivity contribution in [3.63, 3.8) is 0 Å². The zero-order valence-corrected chi connectivity index (χ0v) is 15.1. The molecule has 1 fully saturated rings. The minimum atomic E-state index is -0.180. The first-order chi connectivity index (χ1) is 12.6. The van der Waals surface area contributed by atoms with Crippen molar-refractivity contribution in [2.75, 3.05) is 25.9 Å². The second kappa shape index (κ2) is 6.34. The van der Waals surface area contributed by atoms with E-state index in [1.54, 1.807) is 31.2 Å². The topological polar surface area (TPSA) is 51.2 Å². The first kappa shape index (κ1) is 16.4. The van der Waals surface area contributed by atoms with Crippen LogP contribution in [-0.4, -0.2) is 36.9 Å². The molecule has 0 bridgehead atoms. The third-order valence-electron chi connectivity index (χ3n) is 4.26. The highest BCUT2D eigenvalue weighted by Gasteiger charge is 2.36. The first-order valence-electron chi connectivity index (χ1n) is 7.96. The molecule has 2 heterocycles. The Balaban J connectivity index is 1.74. The van der Waals surface area contributed by atoms with Gasteiger partial charge in [0, 0.05) is 7.05 Å². The number of amides is 1. The highest BCUT2D eigenvalue weighted by molar-refractivity contribution is 7.80. The molecule has 2 aliphatic heterocycles. The van der Waals surface area contributed by atoms with Gasteiger partial charge < -0.3 is 19.1 Å². The summed E-state index contributed by atoms with van der Waals surface area (Å²) >= 11 is 5.46. The number of thiocarbonyl (C=S) groups is 1. The van der Waals surface area contributed by atoms with Crippen molar-refractivity contribution in [2.24, 2.45) is 0 Å². The molecule has 2 aliphatic rings. The lowest BCUT2D eigenvalue weighted by Crippen LogP contribution is -2.30. The summed E-state index contributed by atoms with van der Waals surface area (Å²) in [6.45, 7) is 0.149. The molecule has 0 radical (unpaired) electrons. The van der Waals surface area contributed by atoms with Crippen molar-refractivity contribution in [3.05, 3.63) is 53.7 Å². The number of hydrogen-bond donors (Lipinski definition) is 0. The maximum Gasteiger partial charge on any atom is 0.281 e. The molecule has 4 rings (SSSR count). The third kappa shape index (κ3) is 2.57. The van der Waals surface area contributed by atoms with E-state index in [1.165, 1.54) is 4.90 Å². The fourth-order valence-corrected chi connectivity index (χ4v) is 3.24. The van der Waals surface area contributed by atoms with Crippen LogP contribution in [0.15, 0.2) is 48.2 Å². The maximum absolute atomic E-state index is 13.0. The second-order valence-electron chi connectivity index (χ2n) is 5.80. The summed E-state index contributed by atoms with van der Waals surface area (Å²) in [5, 5.41) is 0.431. The van der Waals surface area contributed by atoms with Crippen LogP contribution in [0.1, 0.15) is 5.56 Å². The third-order valence-corrected chi connectivity index (χ3v) is 4.72. The standard InChI is InChI=1S/C19H16N2O4S/c1-20-14(18(22)21(19(20)26)13-6-4-3-5-7-13)8-12-9-15(23-2)17-16(10-12)24-11-25-17/h3-10H,11H2,1-2H3. The van der Waals surface area contributed by atoms with E-state index in [1.807, 2.05) is 36.4 Å². The molecule has 1 saturated heterocycles. The number of ether oxygens (including phenoxy) is 3. The van der Waals surface area contributed by atoms with Crippen LogP contribution >= 0.6 is 12.2 Å². The number of carbonyl (C=O) groups excluding carboxylic acids is 1. The van der Waals surface area contributed by atoms with E-state index in [-0.39, 0.29) is 12.7 Å². The van der Waals surface area contributed by atoms with E-state index in [0.717, 1.165) is 11.3 Å². The number of methoxy groups -OCH3 is 1. The lowest BCUT2D eigenvalue weighted by molar-refractivity contribution is -0.114. The van der Waals surface area contributed by atoms with Crippen LogP contribution in [0.25, 0.3) is 6.08 Å². The maximum atomic E-state index is 13.0. The molecule has 0 saturated carbocycles. The molecule has 0 N–H and O–H groups in total. The fraction of sp³-hybridized carbons (Fsp3) is 0.158. The number of hydrogen-bond acceptors (Lipinski definition) is 5. The van der Waals surface area contributed by atoms with E-state index >= 15 is 0 Å². The fourth-order valence-electron chi connectivity index (χ4n) is 2.95. The van der Waals surface area contributed by atoms with Gasteiger partial charge in [0.25, 0.3) is 5.91 Å². The van der Waals surface area contributed by atoms with E-state index in [0.29, 0.717) is 28.1 Å². The summed E-state index contributed by atoms with van der Waals surface area (Å²) in [5.74, 6) is 1.54. The van der Waals surface area contributed by atoms with Gasteiger partial charge in [-0.15, -0.1) is 0 Å². The molecule has 7 heteroatoms. The van der Waals surface area contributed by atoms with E-state index in [2.05, 4.69) is 0 Å². The predicted octanol–water partition coefficient (Wildman–Crippen LogP) is 3.03. The Hall–Kier alpha value is -3.06. The number of fused-ring (bicyclic) bond motifs is 1. The monoisotopic (exact) mass is 368 g/mol. The zero-order chi connectivity index (χ0) is 18.3. The van der Waals surface area contributed by atoms with Gasteiger partial charge in [-0.05, 0) is 48.1 Å². The van der Waals surface area contributed by atoms with Crippen molar-refractivity contribution < 1.29 is 19.0 Å². The first-order valence-corrected chi connectivity index (χ1v) is 8.37. The van der Waals surface area contributed by atoms with Gasteiger partial charge in [0.2, 0.25) is 12.5 Å². The Morgan fingerprint density at radius 3 is 2.69 bits per heavy atom. The number of anilines is 1. The smallest absolute Gasteiger partial charge is 0.281 e. The summed E-state index contributed by atoms with van der Waals surface area (Å²) in [5.41, 5.74) is 1.97. The molecular formula is C19H16N2O4S. The van der Waals surface area contributed by atoms with Gasteiger partial charge in [-0.2, -0.15) is 0 Å². The van der Waals surface area contributed by atoms with Crippen molar-refractivity contribution in [2.45, 2.75) is 0 Å². The SMILES string of the molecule is COc1cc(C=C2C(=O)N(c3ccccc3)C(=S)N2C)cc2c1OCO2. The number of likely N-dealkylation sites (N-methyl/N-ethyl adjacent to an activating group) is 1. The average molecular weight is 368 g/mol.